The van der Waals surface area contributed by atoms with Gasteiger partial charge in [-0.05, 0) is 12.8 Å². The molecule has 17 heavy (non-hydrogen) atoms. The van der Waals surface area contributed by atoms with Gasteiger partial charge in [0.25, 0.3) is 0 Å². The molecule has 0 saturated heterocycles. The number of nitrogens with zero attached hydrogens (tertiary/aromatic N) is 1. The average molecular weight is 249 g/mol. The van der Waals surface area contributed by atoms with Crippen molar-refractivity contribution in [2.45, 2.75) is 19.3 Å². The van der Waals surface area contributed by atoms with Gasteiger partial charge in [-0.2, -0.15) is 0 Å². The van der Waals surface area contributed by atoms with E-state index in [0.29, 0.717) is 39.1 Å². The minimum Gasteiger partial charge on any atom is -0.466 e. The van der Waals surface area contributed by atoms with Crippen LogP contribution in [0.15, 0.2) is 0 Å². The lowest BCUT2D eigenvalue weighted by Crippen LogP contribution is -2.32. The SMILES string of the molecule is O=C(CCN(CCO)CCO)OCCCCO. The molecule has 3 N–H and O–H groups in total. The molecule has 0 fully saturated rings. The molecular formula is C11H23NO5. The van der Waals surface area contributed by atoms with E-state index >= 15 is 0 Å². The molecule has 0 radical (unpaired) electrons. The van der Waals surface area contributed by atoms with Crippen LogP contribution in [0.4, 0.5) is 0 Å². The van der Waals surface area contributed by atoms with Crippen LogP contribution in [-0.4, -0.2) is 72.3 Å². The molecule has 0 bridgehead atoms. The van der Waals surface area contributed by atoms with Gasteiger partial charge in [0.2, 0.25) is 0 Å². The Kier molecular flexibility index (Phi) is 11.3. The van der Waals surface area contributed by atoms with Crippen molar-refractivity contribution in [2.75, 3.05) is 46.1 Å². The van der Waals surface area contributed by atoms with Gasteiger partial charge in [0.15, 0.2) is 0 Å². The Morgan fingerprint density at radius 1 is 0.941 bits per heavy atom. The number of ether oxygens (including phenoxy) is 1. The van der Waals surface area contributed by atoms with Gasteiger partial charge < -0.3 is 20.1 Å². The second-order valence-electron chi connectivity index (χ2n) is 3.69. The standard InChI is InChI=1S/C11H23NO5/c13-7-1-2-10-17-11(16)3-4-12(5-8-14)6-9-15/h13-15H,1-10H2. The Balaban J connectivity index is 3.57. The molecule has 0 amide bonds. The second-order valence-corrected chi connectivity index (χ2v) is 3.69. The number of unbranched alkanes of at least 4 members (excludes halogenated alkanes) is 1. The summed E-state index contributed by atoms with van der Waals surface area (Å²) in [5.74, 6) is -0.288. The Labute approximate surface area is 102 Å². The third kappa shape index (κ3) is 10.2. The van der Waals surface area contributed by atoms with Crippen LogP contribution in [0.2, 0.25) is 0 Å². The zero-order valence-corrected chi connectivity index (χ0v) is 10.2. The van der Waals surface area contributed by atoms with E-state index in [1.54, 1.807) is 4.90 Å². The largest absolute Gasteiger partial charge is 0.466 e. The highest BCUT2D eigenvalue weighted by Gasteiger charge is 2.08. The molecule has 0 aliphatic rings. The molecule has 0 rings (SSSR count). The monoisotopic (exact) mass is 249 g/mol. The van der Waals surface area contributed by atoms with E-state index in [2.05, 4.69) is 0 Å². The maximum absolute atomic E-state index is 11.3. The number of rotatable bonds is 11. The summed E-state index contributed by atoms with van der Waals surface area (Å²) >= 11 is 0. The topological polar surface area (TPSA) is 90.2 Å². The highest BCUT2D eigenvalue weighted by Crippen LogP contribution is 1.96. The minimum absolute atomic E-state index is 0.00550. The van der Waals surface area contributed by atoms with Gasteiger partial charge in [-0.15, -0.1) is 0 Å². The number of aliphatic hydroxyl groups excluding tert-OH is 3. The van der Waals surface area contributed by atoms with Crippen LogP contribution in [0.3, 0.4) is 0 Å². The maximum Gasteiger partial charge on any atom is 0.307 e. The Hall–Kier alpha value is -0.690. The smallest absolute Gasteiger partial charge is 0.307 e. The average Bonchev–Trinajstić information content (AvgIpc) is 2.32. The van der Waals surface area contributed by atoms with Crippen molar-refractivity contribution in [3.8, 4) is 0 Å². The van der Waals surface area contributed by atoms with Crippen LogP contribution in [0.25, 0.3) is 0 Å². The number of hydrogen-bond acceptors (Lipinski definition) is 6. The van der Waals surface area contributed by atoms with Crippen LogP contribution in [0, 0.1) is 0 Å². The lowest BCUT2D eigenvalue weighted by molar-refractivity contribution is -0.144. The summed E-state index contributed by atoms with van der Waals surface area (Å²) in [6.45, 7) is 1.81. The molecule has 0 aliphatic heterocycles. The number of carbonyl (C=O) groups is 1. The number of esters is 1. The van der Waals surface area contributed by atoms with Gasteiger partial charge in [-0.3, -0.25) is 9.69 Å². The lowest BCUT2D eigenvalue weighted by atomic mass is 10.3. The zero-order chi connectivity index (χ0) is 12.9. The summed E-state index contributed by atoms with van der Waals surface area (Å²) in [4.78, 5) is 13.1. The summed E-state index contributed by atoms with van der Waals surface area (Å²) in [6, 6.07) is 0. The van der Waals surface area contributed by atoms with Gasteiger partial charge in [0.05, 0.1) is 26.2 Å². The third-order valence-corrected chi connectivity index (χ3v) is 2.28. The van der Waals surface area contributed by atoms with E-state index in [-0.39, 0.29) is 32.2 Å². The first-order chi connectivity index (χ1) is 8.24. The Morgan fingerprint density at radius 3 is 2.12 bits per heavy atom. The molecule has 0 aromatic carbocycles. The molecule has 0 heterocycles. The highest BCUT2D eigenvalue weighted by molar-refractivity contribution is 5.69. The first-order valence-electron chi connectivity index (χ1n) is 5.95. The zero-order valence-electron chi connectivity index (χ0n) is 10.2. The van der Waals surface area contributed by atoms with E-state index in [9.17, 15) is 4.79 Å². The van der Waals surface area contributed by atoms with Crippen molar-refractivity contribution in [3.63, 3.8) is 0 Å². The molecule has 0 spiro atoms. The van der Waals surface area contributed by atoms with Crippen LogP contribution in [0.1, 0.15) is 19.3 Å². The predicted molar refractivity (Wildman–Crippen MR) is 62.5 cm³/mol. The summed E-state index contributed by atoms with van der Waals surface area (Å²) in [6.07, 6.45) is 1.55. The number of carbonyl (C=O) groups excluding carboxylic acids is 1. The Bertz CT molecular complexity index is 183. The first-order valence-corrected chi connectivity index (χ1v) is 5.95. The molecular weight excluding hydrogens is 226 g/mol. The van der Waals surface area contributed by atoms with Crippen molar-refractivity contribution in [2.24, 2.45) is 0 Å². The maximum atomic E-state index is 11.3. The highest BCUT2D eigenvalue weighted by atomic mass is 16.5. The first kappa shape index (κ1) is 16.3. The lowest BCUT2D eigenvalue weighted by Gasteiger charge is -2.19. The van der Waals surface area contributed by atoms with Gasteiger partial charge in [0, 0.05) is 26.2 Å². The quantitative estimate of drug-likeness (QED) is 0.321. The molecule has 0 saturated carbocycles. The molecule has 0 atom stereocenters. The van der Waals surface area contributed by atoms with E-state index in [1.165, 1.54) is 0 Å². The summed E-state index contributed by atoms with van der Waals surface area (Å²) in [5, 5.41) is 26.1. The summed E-state index contributed by atoms with van der Waals surface area (Å²) in [7, 11) is 0. The fourth-order valence-corrected chi connectivity index (χ4v) is 1.34. The summed E-state index contributed by atoms with van der Waals surface area (Å²) in [5.41, 5.74) is 0. The normalized spacial score (nSPS) is 10.8. The van der Waals surface area contributed by atoms with Crippen LogP contribution in [0.5, 0.6) is 0 Å². The van der Waals surface area contributed by atoms with Gasteiger partial charge in [-0.25, -0.2) is 0 Å². The van der Waals surface area contributed by atoms with E-state index < -0.39 is 0 Å². The van der Waals surface area contributed by atoms with Gasteiger partial charge in [-0.1, -0.05) is 0 Å². The minimum atomic E-state index is -0.288. The van der Waals surface area contributed by atoms with E-state index in [1.807, 2.05) is 0 Å². The van der Waals surface area contributed by atoms with Crippen molar-refractivity contribution >= 4 is 5.97 Å². The Morgan fingerprint density at radius 2 is 1.59 bits per heavy atom. The van der Waals surface area contributed by atoms with Crippen molar-refractivity contribution in [1.82, 2.24) is 4.90 Å². The van der Waals surface area contributed by atoms with Crippen molar-refractivity contribution < 1.29 is 24.9 Å². The number of hydrogen-bond donors (Lipinski definition) is 3. The van der Waals surface area contributed by atoms with Crippen molar-refractivity contribution in [1.29, 1.82) is 0 Å². The van der Waals surface area contributed by atoms with E-state index in [0.717, 1.165) is 0 Å². The second kappa shape index (κ2) is 11.8. The van der Waals surface area contributed by atoms with Gasteiger partial charge in [0.1, 0.15) is 0 Å². The molecule has 102 valence electrons. The molecule has 6 heteroatoms. The van der Waals surface area contributed by atoms with Crippen LogP contribution < -0.4 is 0 Å². The van der Waals surface area contributed by atoms with Crippen molar-refractivity contribution in [3.05, 3.63) is 0 Å². The van der Waals surface area contributed by atoms with Crippen LogP contribution >= 0.6 is 0 Å². The van der Waals surface area contributed by atoms with Crippen LogP contribution in [-0.2, 0) is 9.53 Å². The molecule has 0 aromatic rings. The number of aliphatic hydroxyl groups is 3. The fraction of sp³-hybridized carbons (Fsp3) is 0.909. The fourth-order valence-electron chi connectivity index (χ4n) is 1.34. The van der Waals surface area contributed by atoms with E-state index in [4.69, 9.17) is 20.1 Å². The molecule has 0 aromatic heterocycles. The summed E-state index contributed by atoms with van der Waals surface area (Å²) < 4.78 is 4.95. The molecule has 0 aliphatic carbocycles. The molecule has 0 unspecified atom stereocenters. The van der Waals surface area contributed by atoms with Gasteiger partial charge >= 0.3 is 5.97 Å². The predicted octanol–water partition coefficient (Wildman–Crippen LogP) is -1.02. The third-order valence-electron chi connectivity index (χ3n) is 2.28. The molecule has 6 nitrogen and oxygen atoms in total.